The number of hydrogen-bond donors (Lipinski definition) is 1. The minimum absolute atomic E-state index is 0.349. The van der Waals surface area contributed by atoms with E-state index in [-0.39, 0.29) is 0 Å². The molecule has 0 spiro atoms. The van der Waals surface area contributed by atoms with Gasteiger partial charge < -0.3 is 10.2 Å². The molecule has 0 bridgehead atoms. The molecule has 1 saturated heterocycles. The van der Waals surface area contributed by atoms with Gasteiger partial charge in [0.25, 0.3) is 0 Å². The second-order valence-corrected chi connectivity index (χ2v) is 5.54. The van der Waals surface area contributed by atoms with E-state index in [0.717, 1.165) is 31.7 Å². The molecule has 0 amide bonds. The van der Waals surface area contributed by atoms with E-state index >= 15 is 0 Å². The lowest BCUT2D eigenvalue weighted by atomic mass is 10.1. The van der Waals surface area contributed by atoms with Crippen LogP contribution in [0.4, 0.5) is 11.6 Å². The van der Waals surface area contributed by atoms with Crippen LogP contribution in [0.15, 0.2) is 30.7 Å². The lowest BCUT2D eigenvalue weighted by Gasteiger charge is -2.33. The van der Waals surface area contributed by atoms with Crippen molar-refractivity contribution < 1.29 is 0 Å². The number of piperidine rings is 1. The molecule has 6 nitrogen and oxygen atoms in total. The normalized spacial score (nSPS) is 15.4. The lowest BCUT2D eigenvalue weighted by Crippen LogP contribution is -2.39. The molecule has 1 aliphatic rings. The number of aromatic nitrogens is 3. The molecule has 0 radical (unpaired) electrons. The molecule has 0 atom stereocenters. The average molecular weight is 315 g/mol. The van der Waals surface area contributed by atoms with Gasteiger partial charge in [-0.3, -0.25) is 4.98 Å². The van der Waals surface area contributed by atoms with Crippen LogP contribution in [0.5, 0.6) is 0 Å². The van der Waals surface area contributed by atoms with Crippen LogP contribution in [0.25, 0.3) is 0 Å². The van der Waals surface area contributed by atoms with Crippen molar-refractivity contribution in [2.24, 2.45) is 0 Å². The van der Waals surface area contributed by atoms with Gasteiger partial charge in [0.1, 0.15) is 22.9 Å². The van der Waals surface area contributed by atoms with Gasteiger partial charge in [0.15, 0.2) is 0 Å². The van der Waals surface area contributed by atoms with Crippen molar-refractivity contribution in [3.8, 4) is 6.07 Å². The fourth-order valence-corrected chi connectivity index (χ4v) is 2.66. The quantitative estimate of drug-likeness (QED) is 0.937. The highest BCUT2D eigenvalue weighted by atomic mass is 35.5. The van der Waals surface area contributed by atoms with Gasteiger partial charge in [0.2, 0.25) is 0 Å². The molecule has 1 N–H and O–H groups in total. The van der Waals surface area contributed by atoms with Crippen molar-refractivity contribution in [3.63, 3.8) is 0 Å². The summed E-state index contributed by atoms with van der Waals surface area (Å²) < 4.78 is 0. The van der Waals surface area contributed by atoms with Crippen molar-refractivity contribution >= 4 is 23.2 Å². The third-order valence-corrected chi connectivity index (χ3v) is 3.84. The minimum Gasteiger partial charge on any atom is -0.366 e. The van der Waals surface area contributed by atoms with Crippen molar-refractivity contribution in [2.75, 3.05) is 23.3 Å². The van der Waals surface area contributed by atoms with E-state index in [1.165, 1.54) is 6.20 Å². The summed E-state index contributed by atoms with van der Waals surface area (Å²) in [6.45, 7) is 1.81. The van der Waals surface area contributed by atoms with Gasteiger partial charge in [0, 0.05) is 25.3 Å². The first-order valence-electron chi connectivity index (χ1n) is 7.10. The van der Waals surface area contributed by atoms with Crippen molar-refractivity contribution in [2.45, 2.75) is 18.9 Å². The van der Waals surface area contributed by atoms with Crippen LogP contribution in [0, 0.1) is 11.3 Å². The van der Waals surface area contributed by atoms with Crippen molar-refractivity contribution in [3.05, 3.63) is 41.4 Å². The Kier molecular flexibility index (Phi) is 4.35. The van der Waals surface area contributed by atoms with Gasteiger partial charge in [-0.05, 0) is 25.0 Å². The molecule has 0 saturated carbocycles. The molecule has 0 aromatic carbocycles. The minimum atomic E-state index is 0.349. The fourth-order valence-electron chi connectivity index (χ4n) is 2.51. The van der Waals surface area contributed by atoms with E-state index < -0.39 is 0 Å². The lowest BCUT2D eigenvalue weighted by molar-refractivity contribution is 0.522. The number of halogens is 1. The zero-order valence-electron chi connectivity index (χ0n) is 11.9. The number of pyridine rings is 1. The Bertz CT molecular complexity index is 673. The predicted octanol–water partition coefficient (Wildman–Crippen LogP) is 2.48. The maximum atomic E-state index is 8.80. The SMILES string of the molecule is N#Cc1ccc(N2CCC(Nc3cncc(Cl)n3)CC2)nc1. The molecule has 7 heteroatoms. The van der Waals surface area contributed by atoms with E-state index in [1.807, 2.05) is 6.07 Å². The third kappa shape index (κ3) is 3.43. The van der Waals surface area contributed by atoms with Crippen LogP contribution in [0.1, 0.15) is 18.4 Å². The molecule has 2 aromatic rings. The summed E-state index contributed by atoms with van der Waals surface area (Å²) >= 11 is 5.84. The predicted molar refractivity (Wildman–Crippen MR) is 84.9 cm³/mol. The third-order valence-electron chi connectivity index (χ3n) is 3.65. The zero-order chi connectivity index (χ0) is 15.4. The van der Waals surface area contributed by atoms with Gasteiger partial charge in [-0.25, -0.2) is 9.97 Å². The number of nitriles is 1. The average Bonchev–Trinajstić information content (AvgIpc) is 2.56. The maximum absolute atomic E-state index is 8.80. The molecule has 112 valence electrons. The molecule has 22 heavy (non-hydrogen) atoms. The number of nitrogens with one attached hydrogen (secondary N) is 1. The smallest absolute Gasteiger partial charge is 0.149 e. The Morgan fingerprint density at radius 2 is 2.05 bits per heavy atom. The zero-order valence-corrected chi connectivity index (χ0v) is 12.7. The largest absolute Gasteiger partial charge is 0.366 e. The van der Waals surface area contributed by atoms with Gasteiger partial charge in [0.05, 0.1) is 18.0 Å². The van der Waals surface area contributed by atoms with Crippen LogP contribution in [-0.2, 0) is 0 Å². The highest BCUT2D eigenvalue weighted by Gasteiger charge is 2.20. The summed E-state index contributed by atoms with van der Waals surface area (Å²) in [7, 11) is 0. The molecular weight excluding hydrogens is 300 g/mol. The number of anilines is 2. The molecule has 1 fully saturated rings. The van der Waals surface area contributed by atoms with Crippen LogP contribution in [0.3, 0.4) is 0 Å². The highest BCUT2D eigenvalue weighted by Crippen LogP contribution is 2.20. The molecule has 3 heterocycles. The second kappa shape index (κ2) is 6.58. The van der Waals surface area contributed by atoms with Crippen LogP contribution in [0.2, 0.25) is 5.15 Å². The van der Waals surface area contributed by atoms with E-state index in [9.17, 15) is 0 Å². The summed E-state index contributed by atoms with van der Waals surface area (Å²) in [6, 6.07) is 6.13. The standard InChI is InChI=1S/C15H15ClN6/c16-13-9-18-10-14(21-13)20-12-3-5-22(6-4-12)15-2-1-11(7-17)8-19-15/h1-2,8-10,12H,3-6H2,(H,20,21). The molecule has 0 unspecified atom stereocenters. The molecular formula is C15H15ClN6. The van der Waals surface area contributed by atoms with E-state index in [2.05, 4.69) is 31.2 Å². The Labute approximate surface area is 133 Å². The van der Waals surface area contributed by atoms with Crippen molar-refractivity contribution in [1.82, 2.24) is 15.0 Å². The maximum Gasteiger partial charge on any atom is 0.149 e. The first kappa shape index (κ1) is 14.5. The van der Waals surface area contributed by atoms with Crippen LogP contribution in [-0.4, -0.2) is 34.1 Å². The Morgan fingerprint density at radius 1 is 1.23 bits per heavy atom. The number of nitrogens with zero attached hydrogens (tertiary/aromatic N) is 5. The first-order valence-corrected chi connectivity index (χ1v) is 7.47. The van der Waals surface area contributed by atoms with Crippen LogP contribution >= 0.6 is 11.6 Å². The van der Waals surface area contributed by atoms with E-state index in [1.54, 1.807) is 18.5 Å². The van der Waals surface area contributed by atoms with Crippen molar-refractivity contribution in [1.29, 1.82) is 5.26 Å². The topological polar surface area (TPSA) is 77.7 Å². The fraction of sp³-hybridized carbons (Fsp3) is 0.333. The summed E-state index contributed by atoms with van der Waals surface area (Å²) in [5, 5.41) is 12.6. The molecule has 1 aliphatic heterocycles. The highest BCUT2D eigenvalue weighted by molar-refractivity contribution is 6.29. The second-order valence-electron chi connectivity index (χ2n) is 5.15. The van der Waals surface area contributed by atoms with Gasteiger partial charge in [-0.15, -0.1) is 0 Å². The molecule has 0 aliphatic carbocycles. The molecule has 3 rings (SSSR count). The monoisotopic (exact) mass is 314 g/mol. The van der Waals surface area contributed by atoms with Gasteiger partial charge >= 0.3 is 0 Å². The summed E-state index contributed by atoms with van der Waals surface area (Å²) in [6.07, 6.45) is 6.78. The Hall–Kier alpha value is -2.39. The van der Waals surface area contributed by atoms with Gasteiger partial charge in [-0.2, -0.15) is 5.26 Å². The summed E-state index contributed by atoms with van der Waals surface area (Å²) in [4.78, 5) is 14.8. The number of rotatable bonds is 3. The Morgan fingerprint density at radius 3 is 2.68 bits per heavy atom. The molecule has 2 aromatic heterocycles. The van der Waals surface area contributed by atoms with Crippen LogP contribution < -0.4 is 10.2 Å². The summed E-state index contributed by atoms with van der Waals surface area (Å²) in [5.41, 5.74) is 0.583. The first-order chi connectivity index (χ1) is 10.7. The summed E-state index contributed by atoms with van der Waals surface area (Å²) in [5.74, 6) is 1.63. The van der Waals surface area contributed by atoms with E-state index in [4.69, 9.17) is 16.9 Å². The Balaban J connectivity index is 1.57. The van der Waals surface area contributed by atoms with E-state index in [0.29, 0.717) is 22.6 Å². The number of hydrogen-bond acceptors (Lipinski definition) is 6. The van der Waals surface area contributed by atoms with Gasteiger partial charge in [-0.1, -0.05) is 11.6 Å².